The van der Waals surface area contributed by atoms with Crippen molar-refractivity contribution in [2.24, 2.45) is 0 Å². The minimum absolute atomic E-state index is 0.000229. The topological polar surface area (TPSA) is 32.3 Å². The first kappa shape index (κ1) is 17.4. The first-order chi connectivity index (χ1) is 9.73. The molecule has 118 valence electrons. The molecule has 0 aliphatic rings. The van der Waals surface area contributed by atoms with Gasteiger partial charge in [-0.25, -0.2) is 8.78 Å². The van der Waals surface area contributed by atoms with E-state index in [0.29, 0.717) is 5.56 Å². The second-order valence-corrected chi connectivity index (χ2v) is 4.38. The van der Waals surface area contributed by atoms with E-state index >= 15 is 0 Å². The van der Waals surface area contributed by atoms with Gasteiger partial charge in [-0.3, -0.25) is 4.79 Å². The van der Waals surface area contributed by atoms with E-state index in [4.69, 9.17) is 0 Å². The van der Waals surface area contributed by atoms with Crippen molar-refractivity contribution in [3.05, 3.63) is 35.4 Å². The number of benzene rings is 1. The number of nitrogens with zero attached hydrogens (tertiary/aromatic N) is 1. The van der Waals surface area contributed by atoms with Crippen LogP contribution in [0, 0.1) is 11.6 Å². The van der Waals surface area contributed by atoms with Gasteiger partial charge in [-0.2, -0.15) is 13.2 Å². The Bertz CT molecular complexity index is 490. The third-order valence-corrected chi connectivity index (χ3v) is 2.69. The predicted octanol–water partition coefficient (Wildman–Crippen LogP) is 2.47. The van der Waals surface area contributed by atoms with Gasteiger partial charge in [-0.1, -0.05) is 6.07 Å². The summed E-state index contributed by atoms with van der Waals surface area (Å²) in [6.07, 6.45) is -4.39. The van der Waals surface area contributed by atoms with Crippen LogP contribution in [0.1, 0.15) is 12.5 Å². The van der Waals surface area contributed by atoms with E-state index in [2.05, 4.69) is 0 Å². The number of alkyl halides is 3. The lowest BCUT2D eigenvalue weighted by molar-refractivity contribution is -0.134. The van der Waals surface area contributed by atoms with Crippen LogP contribution in [0.3, 0.4) is 0 Å². The van der Waals surface area contributed by atoms with Crippen molar-refractivity contribution < 1.29 is 26.7 Å². The fraction of sp³-hybridized carbons (Fsp3) is 0.462. The first-order valence-electron chi connectivity index (χ1n) is 6.22. The largest absolute Gasteiger partial charge is 0.401 e. The molecule has 0 aliphatic heterocycles. The number of hydrogen-bond donors (Lipinski definition) is 1. The van der Waals surface area contributed by atoms with Crippen LogP contribution < -0.4 is 5.32 Å². The molecule has 3 nitrogen and oxygen atoms in total. The molecule has 0 radical (unpaired) electrons. The third-order valence-electron chi connectivity index (χ3n) is 2.69. The standard InChI is InChI=1S/C13H15F5N2O/c1-2-20(12(21)6-19-8-13(16,17)18)7-9-3-4-10(14)11(15)5-9/h3-5,19H,2,6-8H2,1H3. The molecule has 0 aromatic heterocycles. The summed E-state index contributed by atoms with van der Waals surface area (Å²) in [6, 6.07) is 3.21. The van der Waals surface area contributed by atoms with Crippen molar-refractivity contribution in [2.75, 3.05) is 19.6 Å². The zero-order valence-electron chi connectivity index (χ0n) is 11.3. The number of carbonyl (C=O) groups excluding carboxylic acids is 1. The van der Waals surface area contributed by atoms with Gasteiger partial charge in [-0.15, -0.1) is 0 Å². The van der Waals surface area contributed by atoms with Gasteiger partial charge in [0.25, 0.3) is 0 Å². The maximum atomic E-state index is 13.1. The molecule has 21 heavy (non-hydrogen) atoms. The van der Waals surface area contributed by atoms with Gasteiger partial charge in [0, 0.05) is 13.1 Å². The summed E-state index contributed by atoms with van der Waals surface area (Å²) in [5, 5.41) is 2.00. The second-order valence-electron chi connectivity index (χ2n) is 4.38. The zero-order valence-corrected chi connectivity index (χ0v) is 11.3. The molecule has 0 unspecified atom stereocenters. The number of carbonyl (C=O) groups is 1. The number of nitrogens with one attached hydrogen (secondary N) is 1. The van der Waals surface area contributed by atoms with E-state index in [0.717, 1.165) is 12.1 Å². The van der Waals surface area contributed by atoms with Gasteiger partial charge in [0.15, 0.2) is 11.6 Å². The fourth-order valence-electron chi connectivity index (χ4n) is 1.66. The van der Waals surface area contributed by atoms with Gasteiger partial charge in [-0.05, 0) is 24.6 Å². The fourth-order valence-corrected chi connectivity index (χ4v) is 1.66. The Morgan fingerprint density at radius 2 is 1.90 bits per heavy atom. The Morgan fingerprint density at radius 3 is 2.43 bits per heavy atom. The maximum absolute atomic E-state index is 13.1. The molecule has 0 bridgehead atoms. The van der Waals surface area contributed by atoms with Crippen LogP contribution in [-0.2, 0) is 11.3 Å². The molecule has 0 aliphatic carbocycles. The lowest BCUT2D eigenvalue weighted by Crippen LogP contribution is -2.40. The van der Waals surface area contributed by atoms with Crippen LogP contribution in [0.2, 0.25) is 0 Å². The highest BCUT2D eigenvalue weighted by Gasteiger charge is 2.27. The maximum Gasteiger partial charge on any atom is 0.401 e. The van der Waals surface area contributed by atoms with Crippen molar-refractivity contribution in [1.29, 1.82) is 0 Å². The number of rotatable bonds is 6. The van der Waals surface area contributed by atoms with Crippen LogP contribution >= 0.6 is 0 Å². The predicted molar refractivity (Wildman–Crippen MR) is 66.4 cm³/mol. The SMILES string of the molecule is CCN(Cc1ccc(F)c(F)c1)C(=O)CNCC(F)(F)F. The van der Waals surface area contributed by atoms with E-state index in [1.807, 2.05) is 5.32 Å². The Balaban J connectivity index is 2.57. The summed E-state index contributed by atoms with van der Waals surface area (Å²) in [7, 11) is 0. The van der Waals surface area contributed by atoms with Crippen molar-refractivity contribution in [2.45, 2.75) is 19.6 Å². The summed E-state index contributed by atoms with van der Waals surface area (Å²) >= 11 is 0. The molecule has 1 amide bonds. The molecule has 1 N–H and O–H groups in total. The van der Waals surface area contributed by atoms with Crippen molar-refractivity contribution in [3.63, 3.8) is 0 Å². The van der Waals surface area contributed by atoms with Gasteiger partial charge in [0.05, 0.1) is 13.1 Å². The summed E-state index contributed by atoms with van der Waals surface area (Å²) in [6.45, 7) is 0.145. The Morgan fingerprint density at radius 1 is 1.24 bits per heavy atom. The van der Waals surface area contributed by atoms with E-state index in [1.54, 1.807) is 6.92 Å². The molecule has 1 rings (SSSR count). The van der Waals surface area contributed by atoms with Crippen LogP contribution in [0.4, 0.5) is 22.0 Å². The minimum Gasteiger partial charge on any atom is -0.338 e. The summed E-state index contributed by atoms with van der Waals surface area (Å²) in [4.78, 5) is 13.0. The molecule has 0 heterocycles. The summed E-state index contributed by atoms with van der Waals surface area (Å²) < 4.78 is 61.7. The molecular formula is C13H15F5N2O. The second kappa shape index (κ2) is 7.35. The lowest BCUT2D eigenvalue weighted by Gasteiger charge is -2.21. The molecule has 0 saturated heterocycles. The molecule has 0 fully saturated rings. The molecule has 1 aromatic carbocycles. The van der Waals surface area contributed by atoms with Crippen LogP contribution in [0.5, 0.6) is 0 Å². The van der Waals surface area contributed by atoms with Crippen LogP contribution in [0.15, 0.2) is 18.2 Å². The smallest absolute Gasteiger partial charge is 0.338 e. The zero-order chi connectivity index (χ0) is 16.0. The summed E-state index contributed by atoms with van der Waals surface area (Å²) in [5.74, 6) is -2.59. The highest BCUT2D eigenvalue weighted by Crippen LogP contribution is 2.13. The van der Waals surface area contributed by atoms with Crippen molar-refractivity contribution >= 4 is 5.91 Å². The number of hydrogen-bond acceptors (Lipinski definition) is 2. The minimum atomic E-state index is -4.39. The number of amides is 1. The average molecular weight is 310 g/mol. The molecule has 0 saturated carbocycles. The van der Waals surface area contributed by atoms with Gasteiger partial charge < -0.3 is 10.2 Å². The monoisotopic (exact) mass is 310 g/mol. The number of halogens is 5. The molecular weight excluding hydrogens is 295 g/mol. The Kier molecular flexibility index (Phi) is 6.07. The highest BCUT2D eigenvalue weighted by atomic mass is 19.4. The van der Waals surface area contributed by atoms with Crippen LogP contribution in [0.25, 0.3) is 0 Å². The van der Waals surface area contributed by atoms with Crippen LogP contribution in [-0.4, -0.2) is 36.6 Å². The van der Waals surface area contributed by atoms with Crippen molar-refractivity contribution in [3.8, 4) is 0 Å². The quantitative estimate of drug-likeness (QED) is 0.819. The van der Waals surface area contributed by atoms with E-state index in [-0.39, 0.29) is 13.1 Å². The first-order valence-corrected chi connectivity index (χ1v) is 6.22. The van der Waals surface area contributed by atoms with Gasteiger partial charge >= 0.3 is 6.18 Å². The number of likely N-dealkylation sites (N-methyl/N-ethyl adjacent to an activating group) is 1. The summed E-state index contributed by atoms with van der Waals surface area (Å²) in [5.41, 5.74) is 0.361. The van der Waals surface area contributed by atoms with Gasteiger partial charge in [0.1, 0.15) is 0 Å². The van der Waals surface area contributed by atoms with Gasteiger partial charge in [0.2, 0.25) is 5.91 Å². The molecule has 1 aromatic rings. The molecule has 0 spiro atoms. The van der Waals surface area contributed by atoms with E-state index < -0.39 is 36.8 Å². The lowest BCUT2D eigenvalue weighted by atomic mass is 10.2. The normalized spacial score (nSPS) is 11.5. The Labute approximate surface area is 118 Å². The molecule has 8 heteroatoms. The highest BCUT2D eigenvalue weighted by molar-refractivity contribution is 5.78. The average Bonchev–Trinajstić information content (AvgIpc) is 2.38. The van der Waals surface area contributed by atoms with E-state index in [1.165, 1.54) is 11.0 Å². The molecule has 0 atom stereocenters. The van der Waals surface area contributed by atoms with Crippen molar-refractivity contribution in [1.82, 2.24) is 10.2 Å². The van der Waals surface area contributed by atoms with E-state index in [9.17, 15) is 26.7 Å². The third kappa shape index (κ3) is 6.07. The Hall–Kier alpha value is -1.70.